The van der Waals surface area contributed by atoms with Crippen molar-refractivity contribution >= 4 is 17.4 Å². The third-order valence-corrected chi connectivity index (χ3v) is 2.88. The molecule has 114 valence electrons. The molecular weight excluding hydrogens is 282 g/mol. The van der Waals surface area contributed by atoms with Crippen molar-refractivity contribution in [3.8, 4) is 0 Å². The summed E-state index contributed by atoms with van der Waals surface area (Å²) in [6.07, 6.45) is 1.67. The van der Waals surface area contributed by atoms with E-state index in [-0.39, 0.29) is 23.9 Å². The van der Waals surface area contributed by atoms with Gasteiger partial charge < -0.3 is 5.32 Å². The summed E-state index contributed by atoms with van der Waals surface area (Å²) in [6, 6.07) is 0.756. The summed E-state index contributed by atoms with van der Waals surface area (Å²) in [5.74, 6) is -1.63. The van der Waals surface area contributed by atoms with E-state index in [1.807, 2.05) is 13.8 Å². The minimum atomic E-state index is -0.778. The molecule has 2 heterocycles. The lowest BCUT2D eigenvalue weighted by Gasteiger charge is -2.09. The molecule has 3 N–H and O–H groups in total. The molecule has 2 aromatic rings. The van der Waals surface area contributed by atoms with Crippen molar-refractivity contribution in [1.29, 1.82) is 0 Å². The van der Waals surface area contributed by atoms with Crippen LogP contribution >= 0.6 is 0 Å². The Morgan fingerprint density at radius 1 is 1.48 bits per heavy atom. The Kier molecular flexibility index (Phi) is 4.37. The van der Waals surface area contributed by atoms with Crippen LogP contribution in [0.3, 0.4) is 0 Å². The van der Waals surface area contributed by atoms with Crippen LogP contribution in [0.25, 0.3) is 5.65 Å². The van der Waals surface area contributed by atoms with E-state index in [0.717, 1.165) is 12.3 Å². The molecule has 0 spiro atoms. The van der Waals surface area contributed by atoms with Gasteiger partial charge in [-0.25, -0.2) is 19.2 Å². The summed E-state index contributed by atoms with van der Waals surface area (Å²) in [7, 11) is 0. The Bertz CT molecular complexity index is 670. The van der Waals surface area contributed by atoms with Crippen LogP contribution in [-0.4, -0.2) is 27.0 Å². The number of rotatable bonds is 5. The maximum atomic E-state index is 13.8. The van der Waals surface area contributed by atoms with Crippen molar-refractivity contribution in [2.75, 3.05) is 11.9 Å². The third-order valence-electron chi connectivity index (χ3n) is 2.88. The summed E-state index contributed by atoms with van der Waals surface area (Å²) in [6.45, 7) is 3.69. The Hall–Kier alpha value is -2.22. The highest BCUT2D eigenvalue weighted by molar-refractivity contribution is 5.79. The van der Waals surface area contributed by atoms with Crippen molar-refractivity contribution < 1.29 is 18.8 Å². The van der Waals surface area contributed by atoms with Gasteiger partial charge in [0.25, 0.3) is 5.91 Å². The predicted octanol–water partition coefficient (Wildman–Crippen LogP) is 1.73. The zero-order chi connectivity index (χ0) is 15.6. The molecule has 0 radical (unpaired) electrons. The van der Waals surface area contributed by atoms with Gasteiger partial charge in [0.1, 0.15) is 11.6 Å². The van der Waals surface area contributed by atoms with Crippen molar-refractivity contribution in [2.45, 2.75) is 20.3 Å². The van der Waals surface area contributed by atoms with Gasteiger partial charge in [-0.15, -0.1) is 0 Å². The number of pyridine rings is 1. The second kappa shape index (κ2) is 6.04. The van der Waals surface area contributed by atoms with E-state index < -0.39 is 17.5 Å². The Morgan fingerprint density at radius 3 is 2.81 bits per heavy atom. The van der Waals surface area contributed by atoms with Gasteiger partial charge in [-0.05, 0) is 12.3 Å². The first-order valence-electron chi connectivity index (χ1n) is 6.45. The van der Waals surface area contributed by atoms with Crippen LogP contribution in [0.2, 0.25) is 0 Å². The molecular formula is C13H16F2N4O2. The van der Waals surface area contributed by atoms with Crippen LogP contribution in [0.5, 0.6) is 0 Å². The number of nitrogens with one attached hydrogen (secondary N) is 2. The molecule has 2 rings (SSSR count). The number of carbonyl (C=O) groups excluding carboxylic acids is 1. The summed E-state index contributed by atoms with van der Waals surface area (Å²) in [5, 5.41) is 11.2. The molecule has 0 fully saturated rings. The fourth-order valence-electron chi connectivity index (χ4n) is 2.05. The van der Waals surface area contributed by atoms with E-state index in [9.17, 15) is 13.6 Å². The van der Waals surface area contributed by atoms with E-state index in [2.05, 4.69) is 10.3 Å². The molecule has 8 heteroatoms. The normalized spacial score (nSPS) is 11.1. The fourth-order valence-corrected chi connectivity index (χ4v) is 2.05. The number of hydrogen-bond donors (Lipinski definition) is 3. The fraction of sp³-hybridized carbons (Fsp3) is 0.385. The molecule has 0 aromatic carbocycles. The second-order valence-corrected chi connectivity index (χ2v) is 5.09. The highest BCUT2D eigenvalue weighted by Crippen LogP contribution is 2.23. The number of halogens is 2. The monoisotopic (exact) mass is 298 g/mol. The van der Waals surface area contributed by atoms with Crippen molar-refractivity contribution in [1.82, 2.24) is 14.9 Å². The molecule has 6 nitrogen and oxygen atoms in total. The smallest absolute Gasteiger partial charge is 0.262 e. The van der Waals surface area contributed by atoms with Gasteiger partial charge >= 0.3 is 0 Å². The topological polar surface area (TPSA) is 78.7 Å². The summed E-state index contributed by atoms with van der Waals surface area (Å²) in [5.41, 5.74) is 2.04. The SMILES string of the molecule is CC(C)Cc1c(NCC(=O)NO)nc2c(F)cc(F)cn12. The van der Waals surface area contributed by atoms with Gasteiger partial charge in [-0.3, -0.25) is 14.4 Å². The summed E-state index contributed by atoms with van der Waals surface area (Å²) >= 11 is 0. The molecule has 0 saturated carbocycles. The number of fused-ring (bicyclic) bond motifs is 1. The zero-order valence-electron chi connectivity index (χ0n) is 11.7. The standard InChI is InChI=1S/C13H16F2N4O2/c1-7(2)3-10-12(16-5-11(20)18-21)17-13-9(15)4-8(14)6-19(10)13/h4,6-7,16,21H,3,5H2,1-2H3,(H,18,20). The number of anilines is 1. The van der Waals surface area contributed by atoms with E-state index >= 15 is 0 Å². The quantitative estimate of drug-likeness (QED) is 0.580. The maximum Gasteiger partial charge on any atom is 0.262 e. The summed E-state index contributed by atoms with van der Waals surface area (Å²) < 4.78 is 28.5. The van der Waals surface area contributed by atoms with E-state index in [1.54, 1.807) is 0 Å². The van der Waals surface area contributed by atoms with Crippen LogP contribution in [0.4, 0.5) is 14.6 Å². The number of aromatic nitrogens is 2. The second-order valence-electron chi connectivity index (χ2n) is 5.09. The first-order valence-corrected chi connectivity index (χ1v) is 6.45. The number of amides is 1. The van der Waals surface area contributed by atoms with Crippen LogP contribution < -0.4 is 10.8 Å². The third kappa shape index (κ3) is 3.27. The molecule has 0 saturated heterocycles. The molecule has 0 aliphatic heterocycles. The first kappa shape index (κ1) is 15.2. The summed E-state index contributed by atoms with van der Waals surface area (Å²) in [4.78, 5) is 15.1. The van der Waals surface area contributed by atoms with E-state index in [0.29, 0.717) is 12.1 Å². The zero-order valence-corrected chi connectivity index (χ0v) is 11.7. The van der Waals surface area contributed by atoms with Gasteiger partial charge in [0, 0.05) is 12.3 Å². The number of carbonyl (C=O) groups is 1. The molecule has 2 aromatic heterocycles. The molecule has 1 amide bonds. The van der Waals surface area contributed by atoms with E-state index in [4.69, 9.17) is 5.21 Å². The van der Waals surface area contributed by atoms with Gasteiger partial charge in [-0.1, -0.05) is 13.8 Å². The minimum absolute atomic E-state index is 0.0149. The largest absolute Gasteiger partial charge is 0.359 e. The van der Waals surface area contributed by atoms with Gasteiger partial charge in [0.15, 0.2) is 11.5 Å². The Morgan fingerprint density at radius 2 is 2.19 bits per heavy atom. The predicted molar refractivity (Wildman–Crippen MR) is 72.1 cm³/mol. The lowest BCUT2D eigenvalue weighted by molar-refractivity contribution is -0.127. The minimum Gasteiger partial charge on any atom is -0.359 e. The molecule has 0 aliphatic rings. The van der Waals surface area contributed by atoms with Gasteiger partial charge in [0.05, 0.1) is 12.2 Å². The van der Waals surface area contributed by atoms with Crippen LogP contribution in [-0.2, 0) is 11.2 Å². The number of hydroxylamine groups is 1. The lowest BCUT2D eigenvalue weighted by atomic mass is 10.1. The lowest BCUT2D eigenvalue weighted by Crippen LogP contribution is -2.27. The molecule has 0 atom stereocenters. The van der Waals surface area contributed by atoms with Crippen molar-refractivity contribution in [3.63, 3.8) is 0 Å². The highest BCUT2D eigenvalue weighted by atomic mass is 19.1. The van der Waals surface area contributed by atoms with Crippen LogP contribution in [0, 0.1) is 17.6 Å². The van der Waals surface area contributed by atoms with Crippen LogP contribution in [0.15, 0.2) is 12.3 Å². The number of hydrogen-bond acceptors (Lipinski definition) is 4. The van der Waals surface area contributed by atoms with Gasteiger partial charge in [-0.2, -0.15) is 0 Å². The molecule has 21 heavy (non-hydrogen) atoms. The molecule has 0 unspecified atom stereocenters. The number of nitrogens with zero attached hydrogens (tertiary/aromatic N) is 2. The average Bonchev–Trinajstić information content (AvgIpc) is 2.74. The Balaban J connectivity index is 2.47. The number of imidazole rings is 1. The molecule has 0 bridgehead atoms. The van der Waals surface area contributed by atoms with Gasteiger partial charge in [0.2, 0.25) is 0 Å². The average molecular weight is 298 g/mol. The Labute approximate surface area is 119 Å². The van der Waals surface area contributed by atoms with Crippen LogP contribution in [0.1, 0.15) is 19.5 Å². The molecule has 0 aliphatic carbocycles. The first-order chi connectivity index (χ1) is 9.92. The maximum absolute atomic E-state index is 13.8. The highest BCUT2D eigenvalue weighted by Gasteiger charge is 2.17. The van der Waals surface area contributed by atoms with Crippen molar-refractivity contribution in [3.05, 3.63) is 29.6 Å². The van der Waals surface area contributed by atoms with Crippen molar-refractivity contribution in [2.24, 2.45) is 5.92 Å². The van der Waals surface area contributed by atoms with E-state index in [1.165, 1.54) is 9.88 Å².